The lowest BCUT2D eigenvalue weighted by Crippen LogP contribution is -3.23. The van der Waals surface area contributed by atoms with Crippen molar-refractivity contribution >= 4 is 0 Å². The van der Waals surface area contributed by atoms with Crippen LogP contribution in [0.3, 0.4) is 0 Å². The van der Waals surface area contributed by atoms with Gasteiger partial charge in [-0.2, -0.15) is 0 Å². The van der Waals surface area contributed by atoms with E-state index in [0.717, 1.165) is 0 Å². The summed E-state index contributed by atoms with van der Waals surface area (Å²) in [4.78, 5) is 2.83. The second-order valence-electron chi connectivity index (χ2n) is 5.36. The van der Waals surface area contributed by atoms with Crippen LogP contribution in [0, 0.1) is 5.21 Å². The minimum absolute atomic E-state index is 0.0392. The molecular weight excluding hydrogens is 180 g/mol. The number of quaternary nitrogens is 1. The van der Waals surface area contributed by atoms with Crippen molar-refractivity contribution in [2.75, 3.05) is 0 Å². The van der Waals surface area contributed by atoms with Gasteiger partial charge >= 0.3 is 0 Å². The van der Waals surface area contributed by atoms with Crippen molar-refractivity contribution in [2.24, 2.45) is 5.11 Å². The van der Waals surface area contributed by atoms with Crippen molar-refractivity contribution in [3.63, 3.8) is 0 Å². The molecule has 0 bridgehead atoms. The number of hydrogen-bond acceptors (Lipinski definition) is 2. The van der Waals surface area contributed by atoms with Crippen LogP contribution in [0.5, 0.6) is 0 Å². The van der Waals surface area contributed by atoms with E-state index in [2.05, 4.69) is 10.0 Å². The van der Waals surface area contributed by atoms with E-state index in [4.69, 9.17) is 5.53 Å². The molecule has 0 spiro atoms. The second kappa shape index (κ2) is 3.42. The molecule has 0 unspecified atom stereocenters. The number of nitrogens with one attached hydrogen (secondary N) is 1. The normalized spacial score (nSPS) is 34.6. The molecule has 0 amide bonds. The van der Waals surface area contributed by atoms with Crippen molar-refractivity contribution in [3.05, 3.63) is 15.7 Å². The Morgan fingerprint density at radius 2 is 1.71 bits per heavy atom. The first kappa shape index (κ1) is 11.3. The molecule has 5 nitrogen and oxygen atoms in total. The predicted molar refractivity (Wildman–Crippen MR) is 54.7 cm³/mol. The molecule has 5 heteroatoms. The maximum absolute atomic E-state index is 12.0. The molecule has 0 saturated carbocycles. The second-order valence-corrected chi connectivity index (χ2v) is 5.36. The maximum Gasteiger partial charge on any atom is 0.0925 e. The van der Waals surface area contributed by atoms with E-state index < -0.39 is 0 Å². The molecule has 0 aromatic carbocycles. The lowest BCUT2D eigenvalue weighted by atomic mass is 9.79. The molecule has 0 aliphatic carbocycles. The lowest BCUT2D eigenvalue weighted by molar-refractivity contribution is -0.955. The Bertz CT molecular complexity index is 250. The molecule has 1 saturated heterocycles. The third kappa shape index (κ3) is 2.00. The van der Waals surface area contributed by atoms with Crippen LogP contribution in [0.2, 0.25) is 0 Å². The SMILES string of the molecule is CC1(C)CC(N=[N+]=[N-])CC(C)(C)[NH+]1[O-]. The topological polar surface area (TPSA) is 76.3 Å². The van der Waals surface area contributed by atoms with Crippen molar-refractivity contribution < 1.29 is 5.06 Å². The fourth-order valence-corrected chi connectivity index (χ4v) is 2.51. The van der Waals surface area contributed by atoms with Crippen LogP contribution >= 0.6 is 0 Å². The first-order chi connectivity index (χ1) is 6.29. The molecule has 1 rings (SSSR count). The van der Waals surface area contributed by atoms with Crippen LogP contribution < -0.4 is 5.06 Å². The molecule has 1 aliphatic rings. The molecule has 0 atom stereocenters. The summed E-state index contributed by atoms with van der Waals surface area (Å²) < 4.78 is 0. The van der Waals surface area contributed by atoms with E-state index in [1.54, 1.807) is 0 Å². The van der Waals surface area contributed by atoms with Gasteiger partial charge in [0.1, 0.15) is 0 Å². The number of nitrogens with zero attached hydrogens (tertiary/aromatic N) is 3. The van der Waals surface area contributed by atoms with Crippen molar-refractivity contribution in [1.29, 1.82) is 0 Å². The van der Waals surface area contributed by atoms with E-state index in [9.17, 15) is 5.21 Å². The van der Waals surface area contributed by atoms with Gasteiger partial charge in [0.2, 0.25) is 0 Å². The minimum Gasteiger partial charge on any atom is -0.634 e. The largest absolute Gasteiger partial charge is 0.634 e. The summed E-state index contributed by atoms with van der Waals surface area (Å²) in [7, 11) is 0. The predicted octanol–water partition coefficient (Wildman–Crippen LogP) is 1.40. The Hall–Kier alpha value is -0.770. The highest BCUT2D eigenvalue weighted by Crippen LogP contribution is 2.25. The first-order valence-corrected chi connectivity index (χ1v) is 4.89. The highest BCUT2D eigenvalue weighted by Gasteiger charge is 2.44. The monoisotopic (exact) mass is 198 g/mol. The van der Waals surface area contributed by atoms with Gasteiger partial charge in [0.25, 0.3) is 0 Å². The summed E-state index contributed by atoms with van der Waals surface area (Å²) in [5.41, 5.74) is 7.68. The molecule has 80 valence electrons. The third-order valence-electron chi connectivity index (χ3n) is 2.94. The fourth-order valence-electron chi connectivity index (χ4n) is 2.51. The molecule has 0 aromatic rings. The smallest absolute Gasteiger partial charge is 0.0925 e. The van der Waals surface area contributed by atoms with Crippen molar-refractivity contribution in [2.45, 2.75) is 57.7 Å². The Balaban J connectivity index is 2.91. The Morgan fingerprint density at radius 3 is 2.07 bits per heavy atom. The van der Waals surface area contributed by atoms with Gasteiger partial charge in [-0.05, 0) is 33.2 Å². The van der Waals surface area contributed by atoms with Crippen LogP contribution in [0.15, 0.2) is 5.11 Å². The number of hydrogen-bond donors (Lipinski definition) is 1. The van der Waals surface area contributed by atoms with E-state index in [1.807, 2.05) is 27.7 Å². The van der Waals surface area contributed by atoms with Gasteiger partial charge in [-0.15, -0.1) is 0 Å². The molecule has 1 fully saturated rings. The summed E-state index contributed by atoms with van der Waals surface area (Å²) >= 11 is 0. The summed E-state index contributed by atoms with van der Waals surface area (Å²) in [6, 6.07) is -0.0392. The number of hydroxylamine groups is 2. The molecule has 14 heavy (non-hydrogen) atoms. The van der Waals surface area contributed by atoms with Gasteiger partial charge in [-0.1, -0.05) is 5.11 Å². The zero-order chi connectivity index (χ0) is 11.0. The Kier molecular flexibility index (Phi) is 2.76. The van der Waals surface area contributed by atoms with Crippen molar-refractivity contribution in [3.8, 4) is 0 Å². The zero-order valence-electron chi connectivity index (χ0n) is 9.24. The Morgan fingerprint density at radius 1 is 1.29 bits per heavy atom. The quantitative estimate of drug-likeness (QED) is 0.294. The van der Waals surface area contributed by atoms with Crippen LogP contribution in [0.4, 0.5) is 0 Å². The van der Waals surface area contributed by atoms with Gasteiger partial charge in [-0.25, -0.2) is 0 Å². The Labute approximate surface area is 84.3 Å². The average molecular weight is 198 g/mol. The average Bonchev–Trinajstić information content (AvgIpc) is 1.99. The van der Waals surface area contributed by atoms with Crippen molar-refractivity contribution in [1.82, 2.24) is 0 Å². The minimum atomic E-state index is -0.361. The van der Waals surface area contributed by atoms with Crippen LogP contribution in [0.25, 0.3) is 10.4 Å². The van der Waals surface area contributed by atoms with E-state index in [1.165, 1.54) is 0 Å². The van der Waals surface area contributed by atoms with Crippen LogP contribution in [-0.2, 0) is 0 Å². The number of rotatable bonds is 1. The molecule has 1 heterocycles. The number of azide groups is 1. The third-order valence-corrected chi connectivity index (χ3v) is 2.94. The lowest BCUT2D eigenvalue weighted by Gasteiger charge is -2.53. The first-order valence-electron chi connectivity index (χ1n) is 4.89. The summed E-state index contributed by atoms with van der Waals surface area (Å²) in [5, 5.41) is 16.0. The van der Waals surface area contributed by atoms with Gasteiger partial charge in [0.05, 0.1) is 11.1 Å². The van der Waals surface area contributed by atoms with E-state index in [0.29, 0.717) is 12.8 Å². The molecule has 1 aliphatic heterocycles. The highest BCUT2D eigenvalue weighted by atomic mass is 16.5. The molecule has 1 N–H and O–H groups in total. The highest BCUT2D eigenvalue weighted by molar-refractivity contribution is 4.90. The maximum atomic E-state index is 12.0. The van der Waals surface area contributed by atoms with Gasteiger partial charge in [-0.3, -0.25) is 0 Å². The molecule has 0 radical (unpaired) electrons. The van der Waals surface area contributed by atoms with Crippen LogP contribution in [0.1, 0.15) is 40.5 Å². The summed E-state index contributed by atoms with van der Waals surface area (Å²) in [6.07, 6.45) is 1.33. The summed E-state index contributed by atoms with van der Waals surface area (Å²) in [5.74, 6) is 0. The van der Waals surface area contributed by atoms with Gasteiger partial charge in [0, 0.05) is 23.8 Å². The number of piperidine rings is 1. The van der Waals surface area contributed by atoms with E-state index in [-0.39, 0.29) is 22.2 Å². The van der Waals surface area contributed by atoms with E-state index >= 15 is 0 Å². The van der Waals surface area contributed by atoms with Gasteiger partial charge < -0.3 is 10.3 Å². The summed E-state index contributed by atoms with van der Waals surface area (Å²) in [6.45, 7) is 7.71. The molecular formula is C9H18N4O. The molecule has 0 aromatic heterocycles. The van der Waals surface area contributed by atoms with Crippen LogP contribution in [-0.4, -0.2) is 17.1 Å². The van der Waals surface area contributed by atoms with Gasteiger partial charge in [0.15, 0.2) is 0 Å². The standard InChI is InChI=1S/C9H18N4O/c1-8(2)5-7(11-12-10)6-9(3,4)13(8)14/h7,13H,5-6H2,1-4H3. The fraction of sp³-hybridized carbons (Fsp3) is 1.00. The zero-order valence-corrected chi connectivity index (χ0v) is 9.24.